The second-order valence-electron chi connectivity index (χ2n) is 5.12. The third-order valence-corrected chi connectivity index (χ3v) is 6.39. The van der Waals surface area contributed by atoms with Crippen LogP contribution in [0.25, 0.3) is 0 Å². The first kappa shape index (κ1) is 17.5. The number of hydrogen-bond donors (Lipinski definition) is 0. The van der Waals surface area contributed by atoms with E-state index < -0.39 is 26.0 Å². The van der Waals surface area contributed by atoms with E-state index in [9.17, 15) is 26.8 Å². The van der Waals surface area contributed by atoms with Gasteiger partial charge in [0.05, 0.1) is 13.1 Å². The molecule has 1 fully saturated rings. The Morgan fingerprint density at radius 1 is 1.18 bits per heavy atom. The van der Waals surface area contributed by atoms with E-state index in [4.69, 9.17) is 0 Å². The summed E-state index contributed by atoms with van der Waals surface area (Å²) in [4.78, 5) is 0. The van der Waals surface area contributed by atoms with Crippen LogP contribution in [0.1, 0.15) is 0 Å². The van der Waals surface area contributed by atoms with E-state index in [0.29, 0.717) is 18.8 Å². The highest BCUT2D eigenvalue weighted by atomic mass is 32.2. The summed E-state index contributed by atoms with van der Waals surface area (Å²) in [7, 11) is -5.81. The maximum atomic E-state index is 12.6. The largest absolute Gasteiger partial charge is 0.627 e. The predicted molar refractivity (Wildman–Crippen MR) is 79.5 cm³/mol. The van der Waals surface area contributed by atoms with Crippen molar-refractivity contribution < 1.29 is 25.8 Å². The molecule has 1 aliphatic heterocycles. The molecule has 1 heterocycles. The molecule has 1 aromatic rings. The van der Waals surface area contributed by atoms with Crippen molar-refractivity contribution in [2.75, 3.05) is 32.1 Å². The zero-order valence-corrected chi connectivity index (χ0v) is 13.4. The van der Waals surface area contributed by atoms with Gasteiger partial charge in [-0.1, -0.05) is 7.92 Å². The third-order valence-electron chi connectivity index (χ3n) is 3.48. The number of rotatable bonds is 3. The molecule has 0 atom stereocenters. The molecule has 0 N–H and O–H groups in total. The van der Waals surface area contributed by atoms with Gasteiger partial charge in [-0.05, 0) is 18.8 Å². The second kappa shape index (κ2) is 5.96. The van der Waals surface area contributed by atoms with Crippen LogP contribution in [-0.2, 0) is 10.1 Å². The van der Waals surface area contributed by atoms with Crippen LogP contribution in [0.5, 0.6) is 5.75 Å². The molecule has 0 spiro atoms. The summed E-state index contributed by atoms with van der Waals surface area (Å²) in [6, 6.07) is 4.77. The normalized spacial score (nSPS) is 26.7. The zero-order chi connectivity index (χ0) is 16.6. The fourth-order valence-corrected chi connectivity index (χ4v) is 4.11. The molecule has 10 heteroatoms. The van der Waals surface area contributed by atoms with E-state index in [2.05, 4.69) is 10.8 Å². The molecule has 0 aliphatic carbocycles. The minimum atomic E-state index is -5.69. The molecule has 2 rings (SSSR count). The average Bonchev–Trinajstić information content (AvgIpc) is 2.41. The molecule has 1 saturated heterocycles. The van der Waals surface area contributed by atoms with Crippen LogP contribution in [0.3, 0.4) is 0 Å². The number of alkyl halides is 3. The van der Waals surface area contributed by atoms with Crippen LogP contribution in [0.4, 0.5) is 18.9 Å². The van der Waals surface area contributed by atoms with Gasteiger partial charge in [-0.15, -0.1) is 0 Å². The van der Waals surface area contributed by atoms with Crippen molar-refractivity contribution >= 4 is 23.7 Å². The van der Waals surface area contributed by atoms with Crippen molar-refractivity contribution in [3.63, 3.8) is 0 Å². The Morgan fingerprint density at radius 2 is 1.68 bits per heavy atom. The highest BCUT2D eigenvalue weighted by Crippen LogP contribution is 2.38. The molecule has 1 aromatic carbocycles. The van der Waals surface area contributed by atoms with E-state index in [1.165, 1.54) is 12.1 Å². The lowest BCUT2D eigenvalue weighted by atomic mass is 10.2. The first-order valence-electron chi connectivity index (χ1n) is 6.41. The first-order chi connectivity index (χ1) is 10.0. The van der Waals surface area contributed by atoms with E-state index >= 15 is 0 Å². The third kappa shape index (κ3) is 3.71. The molecule has 0 amide bonds. The Morgan fingerprint density at radius 3 is 2.14 bits per heavy atom. The lowest BCUT2D eigenvalue weighted by Crippen LogP contribution is -2.49. The predicted octanol–water partition coefficient (Wildman–Crippen LogP) is 2.85. The van der Waals surface area contributed by atoms with Gasteiger partial charge in [0.25, 0.3) is 0 Å². The van der Waals surface area contributed by atoms with E-state index in [0.717, 1.165) is 24.5 Å². The molecular formula is C12H15F3NO4PS. The zero-order valence-electron chi connectivity index (χ0n) is 11.7. The van der Waals surface area contributed by atoms with Gasteiger partial charge in [0.15, 0.2) is 0 Å². The van der Waals surface area contributed by atoms with Gasteiger partial charge < -0.3 is 14.0 Å². The maximum Gasteiger partial charge on any atom is 0.534 e. The molecule has 1 aliphatic rings. The Bertz CT molecular complexity index is 625. The maximum absolute atomic E-state index is 12.6. The highest BCUT2D eigenvalue weighted by molar-refractivity contribution is 7.88. The number of halogens is 3. The van der Waals surface area contributed by atoms with Crippen LogP contribution in [0, 0.1) is 5.21 Å². The Labute approximate surface area is 127 Å². The summed E-state index contributed by atoms with van der Waals surface area (Å²) in [6.07, 6.45) is 1.67. The van der Waals surface area contributed by atoms with Crippen LogP contribution in [-0.4, -0.2) is 46.0 Å². The van der Waals surface area contributed by atoms with Crippen molar-refractivity contribution in [3.8, 4) is 5.75 Å². The van der Waals surface area contributed by atoms with Crippen LogP contribution >= 0.6 is 7.92 Å². The number of benzene rings is 1. The number of quaternary nitrogens is 1. The molecule has 0 unspecified atom stereocenters. The molecule has 0 bridgehead atoms. The summed E-state index contributed by atoms with van der Waals surface area (Å²) < 4.78 is 61.9. The topological polar surface area (TPSA) is 66.4 Å². The van der Waals surface area contributed by atoms with E-state index in [1.54, 1.807) is 0 Å². The lowest BCUT2D eigenvalue weighted by Gasteiger charge is -2.46. The van der Waals surface area contributed by atoms with Crippen molar-refractivity contribution in [2.24, 2.45) is 0 Å². The molecule has 0 aromatic heterocycles. The average molecular weight is 357 g/mol. The summed E-state index contributed by atoms with van der Waals surface area (Å²) in [5, 5.41) is 12.6. The van der Waals surface area contributed by atoms with E-state index in [-0.39, 0.29) is 7.92 Å². The monoisotopic (exact) mass is 357 g/mol. The molecule has 0 saturated carbocycles. The van der Waals surface area contributed by atoms with Crippen molar-refractivity contribution in [2.45, 2.75) is 5.51 Å². The Balaban J connectivity index is 2.14. The van der Waals surface area contributed by atoms with Crippen molar-refractivity contribution in [3.05, 3.63) is 29.5 Å². The van der Waals surface area contributed by atoms with Gasteiger partial charge in [0.2, 0.25) is 0 Å². The fourth-order valence-electron chi connectivity index (χ4n) is 2.09. The lowest BCUT2D eigenvalue weighted by molar-refractivity contribution is -0.0500. The van der Waals surface area contributed by atoms with Gasteiger partial charge in [0.1, 0.15) is 11.4 Å². The number of hydroxylamine groups is 2. The smallest absolute Gasteiger partial charge is 0.534 e. The standard InChI is InChI=1S/C12H15F3NO4PS/c1-21-8-6-16(17,7-9-21)10-2-4-11(5-3-10)20-22(18,19)12(13,14)15/h2-5H,6-9H2,1H3. The number of nitrogens with zero attached hydrogens (tertiary/aromatic N) is 1. The summed E-state index contributed by atoms with van der Waals surface area (Å²) in [5.41, 5.74) is -5.09. The Kier molecular flexibility index (Phi) is 4.73. The summed E-state index contributed by atoms with van der Waals surface area (Å²) in [5.74, 6) is -0.470. The molecule has 124 valence electrons. The van der Waals surface area contributed by atoms with Crippen LogP contribution in [0.15, 0.2) is 24.3 Å². The summed E-state index contributed by atoms with van der Waals surface area (Å²) >= 11 is 0. The van der Waals surface area contributed by atoms with Gasteiger partial charge >= 0.3 is 15.6 Å². The van der Waals surface area contributed by atoms with Gasteiger partial charge in [-0.2, -0.15) is 21.6 Å². The first-order valence-corrected chi connectivity index (χ1v) is 9.98. The van der Waals surface area contributed by atoms with E-state index in [1.807, 2.05) is 0 Å². The second-order valence-corrected chi connectivity index (χ2v) is 9.26. The van der Waals surface area contributed by atoms with Crippen LogP contribution < -0.4 is 8.83 Å². The highest BCUT2D eigenvalue weighted by Gasteiger charge is 2.48. The Hall–Kier alpha value is -0.890. The van der Waals surface area contributed by atoms with Gasteiger partial charge in [0, 0.05) is 24.5 Å². The van der Waals surface area contributed by atoms with Crippen molar-refractivity contribution in [1.29, 1.82) is 0 Å². The molecule has 5 nitrogen and oxygen atoms in total. The quantitative estimate of drug-likeness (QED) is 0.274. The summed E-state index contributed by atoms with van der Waals surface area (Å²) in [6.45, 7) is 2.96. The number of hydrogen-bond acceptors (Lipinski definition) is 4. The van der Waals surface area contributed by atoms with Crippen molar-refractivity contribution in [1.82, 2.24) is 4.65 Å². The molecular weight excluding hydrogens is 342 g/mol. The minimum absolute atomic E-state index is 0.123. The minimum Gasteiger partial charge on any atom is -0.627 e. The molecule has 0 radical (unpaired) electrons. The van der Waals surface area contributed by atoms with Gasteiger partial charge in [-0.25, -0.2) is 0 Å². The van der Waals surface area contributed by atoms with Gasteiger partial charge in [-0.3, -0.25) is 0 Å². The fraction of sp³-hybridized carbons (Fsp3) is 0.500. The van der Waals surface area contributed by atoms with Crippen LogP contribution in [0.2, 0.25) is 0 Å². The molecule has 22 heavy (non-hydrogen) atoms. The SMILES string of the molecule is CP1CC[N+]([O-])(c2ccc(OS(=O)(=O)C(F)(F)F)cc2)CC1.